The van der Waals surface area contributed by atoms with Gasteiger partial charge in [-0.05, 0) is 37.2 Å². The van der Waals surface area contributed by atoms with Crippen LogP contribution < -0.4 is 16.1 Å². The van der Waals surface area contributed by atoms with Crippen molar-refractivity contribution in [3.05, 3.63) is 29.3 Å². The van der Waals surface area contributed by atoms with Gasteiger partial charge >= 0.3 is 0 Å². The zero-order chi connectivity index (χ0) is 18.5. The summed E-state index contributed by atoms with van der Waals surface area (Å²) in [6.07, 6.45) is 7.70. The molecule has 0 radical (unpaired) electrons. The van der Waals surface area contributed by atoms with Gasteiger partial charge < -0.3 is 10.6 Å². The zero-order valence-corrected chi connectivity index (χ0v) is 15.6. The van der Waals surface area contributed by atoms with E-state index in [0.717, 1.165) is 13.1 Å². The molecule has 0 amide bonds. The lowest BCUT2D eigenvalue weighted by Gasteiger charge is -2.41. The highest BCUT2D eigenvalue weighted by atomic mass is 32.1. The van der Waals surface area contributed by atoms with Gasteiger partial charge in [-0.15, -0.1) is 0 Å². The topological polar surface area (TPSA) is 56.9 Å². The lowest BCUT2D eigenvalue weighted by Crippen LogP contribution is -2.51. The Balaban J connectivity index is 1.64. The summed E-state index contributed by atoms with van der Waals surface area (Å²) in [6, 6.07) is 3.19. The number of hydrazone groups is 1. The number of thiocarbonyl (C=S) groups is 1. The van der Waals surface area contributed by atoms with Crippen LogP contribution in [0, 0.1) is 11.6 Å². The minimum atomic E-state index is -0.576. The summed E-state index contributed by atoms with van der Waals surface area (Å²) in [7, 11) is 0. The van der Waals surface area contributed by atoms with Crippen LogP contribution in [-0.4, -0.2) is 48.4 Å². The van der Waals surface area contributed by atoms with Gasteiger partial charge in [0.15, 0.2) is 5.11 Å². The third kappa shape index (κ3) is 4.67. The summed E-state index contributed by atoms with van der Waals surface area (Å²) in [4.78, 5) is 4.28. The van der Waals surface area contributed by atoms with Gasteiger partial charge in [0.05, 0.1) is 6.21 Å². The molecule has 142 valence electrons. The Morgan fingerprint density at radius 1 is 1.12 bits per heavy atom. The smallest absolute Gasteiger partial charge is 0.184 e. The van der Waals surface area contributed by atoms with Gasteiger partial charge in [-0.3, -0.25) is 10.3 Å². The first-order valence-electron chi connectivity index (χ1n) is 9.11. The predicted octanol–water partition coefficient (Wildman–Crippen LogP) is 2.59. The van der Waals surface area contributed by atoms with Crippen LogP contribution in [0.1, 0.15) is 37.7 Å². The maximum absolute atomic E-state index is 14.5. The molecule has 0 spiro atoms. The normalized spacial score (nSPS) is 19.8. The Hall–Kier alpha value is -1.80. The Kier molecular flexibility index (Phi) is 6.37. The Bertz CT molecular complexity index is 645. The number of nitrogens with two attached hydrogens (primary N) is 1. The number of benzene rings is 1. The molecule has 26 heavy (non-hydrogen) atoms. The molecular weight excluding hydrogens is 356 g/mol. The SMILES string of the molecule is NC(=S)NN=Cc1cc(F)c(N2CCN(C3CCCCC3)CC2)c(F)c1. The average molecular weight is 381 g/mol. The molecule has 8 heteroatoms. The van der Waals surface area contributed by atoms with E-state index < -0.39 is 11.6 Å². The quantitative estimate of drug-likeness (QED) is 0.477. The van der Waals surface area contributed by atoms with Crippen LogP contribution in [0.3, 0.4) is 0 Å². The minimum absolute atomic E-state index is 0.00495. The van der Waals surface area contributed by atoms with Crippen LogP contribution in [0.15, 0.2) is 17.2 Å². The van der Waals surface area contributed by atoms with Gasteiger partial charge in [0.2, 0.25) is 0 Å². The van der Waals surface area contributed by atoms with Gasteiger partial charge in [0.1, 0.15) is 17.3 Å². The van der Waals surface area contributed by atoms with E-state index in [1.54, 1.807) is 4.90 Å². The fraction of sp³-hybridized carbons (Fsp3) is 0.556. The highest BCUT2D eigenvalue weighted by molar-refractivity contribution is 7.80. The number of hydrogen-bond acceptors (Lipinski definition) is 4. The molecule has 2 aliphatic rings. The minimum Gasteiger partial charge on any atom is -0.375 e. The van der Waals surface area contributed by atoms with E-state index in [4.69, 9.17) is 5.73 Å². The van der Waals surface area contributed by atoms with Gasteiger partial charge in [-0.2, -0.15) is 5.10 Å². The van der Waals surface area contributed by atoms with Crippen molar-refractivity contribution in [1.82, 2.24) is 10.3 Å². The number of piperazine rings is 1. The second-order valence-corrected chi connectivity index (χ2v) is 7.32. The van der Waals surface area contributed by atoms with Gasteiger partial charge in [-0.1, -0.05) is 19.3 Å². The summed E-state index contributed by atoms with van der Waals surface area (Å²) < 4.78 is 29.0. The molecule has 0 aromatic heterocycles. The standard InChI is InChI=1S/C18H25F2N5S/c19-15-10-13(12-22-23-18(21)26)11-16(20)17(15)25-8-6-24(7-9-25)14-4-2-1-3-5-14/h10-12,14H,1-9H2,(H3,21,23,26). The van der Waals surface area contributed by atoms with Crippen LogP contribution in [0.4, 0.5) is 14.5 Å². The molecule has 1 aromatic rings. The zero-order valence-electron chi connectivity index (χ0n) is 14.8. The summed E-state index contributed by atoms with van der Waals surface area (Å²) in [6.45, 7) is 2.98. The number of halogens is 2. The first-order valence-corrected chi connectivity index (χ1v) is 9.52. The van der Waals surface area contributed by atoms with Gasteiger partial charge in [-0.25, -0.2) is 8.78 Å². The van der Waals surface area contributed by atoms with E-state index in [2.05, 4.69) is 27.6 Å². The average Bonchev–Trinajstić information content (AvgIpc) is 2.62. The van der Waals surface area contributed by atoms with E-state index in [1.807, 2.05) is 0 Å². The Morgan fingerprint density at radius 2 is 1.73 bits per heavy atom. The maximum atomic E-state index is 14.5. The van der Waals surface area contributed by atoms with Crippen molar-refractivity contribution in [2.75, 3.05) is 31.1 Å². The van der Waals surface area contributed by atoms with Crippen molar-refractivity contribution in [2.24, 2.45) is 10.8 Å². The fourth-order valence-corrected chi connectivity index (χ4v) is 3.94. The number of rotatable bonds is 4. The van der Waals surface area contributed by atoms with Gasteiger partial charge in [0, 0.05) is 37.8 Å². The molecule has 3 rings (SSSR count). The third-order valence-electron chi connectivity index (χ3n) is 5.15. The van der Waals surface area contributed by atoms with Crippen molar-refractivity contribution in [3.63, 3.8) is 0 Å². The maximum Gasteiger partial charge on any atom is 0.184 e. The summed E-state index contributed by atoms with van der Waals surface area (Å²) in [5.41, 5.74) is 7.98. The molecule has 0 bridgehead atoms. The highest BCUT2D eigenvalue weighted by Gasteiger charge is 2.27. The first-order chi connectivity index (χ1) is 12.5. The molecule has 0 atom stereocenters. The molecule has 1 saturated heterocycles. The van der Waals surface area contributed by atoms with E-state index >= 15 is 0 Å². The van der Waals surface area contributed by atoms with Crippen molar-refractivity contribution < 1.29 is 8.78 Å². The molecule has 5 nitrogen and oxygen atoms in total. The monoisotopic (exact) mass is 381 g/mol. The van der Waals surface area contributed by atoms with Crippen LogP contribution in [0.2, 0.25) is 0 Å². The number of nitrogens with one attached hydrogen (secondary N) is 1. The van der Waals surface area contributed by atoms with E-state index in [9.17, 15) is 8.78 Å². The second-order valence-electron chi connectivity index (χ2n) is 6.88. The first kappa shape index (κ1) is 19.0. The molecule has 2 fully saturated rings. The molecule has 3 N–H and O–H groups in total. The molecule has 1 aliphatic carbocycles. The van der Waals surface area contributed by atoms with E-state index in [1.165, 1.54) is 50.5 Å². The van der Waals surface area contributed by atoms with Crippen molar-refractivity contribution in [3.8, 4) is 0 Å². The molecule has 1 aromatic carbocycles. The highest BCUT2D eigenvalue weighted by Crippen LogP contribution is 2.28. The molecule has 1 aliphatic heterocycles. The van der Waals surface area contributed by atoms with E-state index in [-0.39, 0.29) is 10.8 Å². The lowest BCUT2D eigenvalue weighted by molar-refractivity contribution is 0.147. The van der Waals surface area contributed by atoms with Crippen LogP contribution in [-0.2, 0) is 0 Å². The Morgan fingerprint density at radius 3 is 2.31 bits per heavy atom. The summed E-state index contributed by atoms with van der Waals surface area (Å²) >= 11 is 4.62. The predicted molar refractivity (Wildman–Crippen MR) is 105 cm³/mol. The van der Waals surface area contributed by atoms with Crippen molar-refractivity contribution in [2.45, 2.75) is 38.1 Å². The second kappa shape index (κ2) is 8.73. The largest absolute Gasteiger partial charge is 0.375 e. The van der Waals surface area contributed by atoms with Crippen LogP contribution in [0.25, 0.3) is 0 Å². The van der Waals surface area contributed by atoms with Crippen LogP contribution in [0.5, 0.6) is 0 Å². The van der Waals surface area contributed by atoms with Crippen LogP contribution >= 0.6 is 12.2 Å². The fourth-order valence-electron chi connectivity index (χ4n) is 3.89. The molecule has 0 unspecified atom stereocenters. The molecule has 1 heterocycles. The number of anilines is 1. The van der Waals surface area contributed by atoms with Crippen molar-refractivity contribution >= 4 is 29.2 Å². The summed E-state index contributed by atoms with van der Waals surface area (Å²) in [5, 5.41) is 3.73. The van der Waals surface area contributed by atoms with E-state index in [0.29, 0.717) is 24.7 Å². The number of nitrogens with zero attached hydrogens (tertiary/aromatic N) is 3. The molecular formula is C18H25F2N5S. The van der Waals surface area contributed by atoms with Gasteiger partial charge in [0.25, 0.3) is 0 Å². The number of hydrogen-bond donors (Lipinski definition) is 2. The molecule has 1 saturated carbocycles. The van der Waals surface area contributed by atoms with Crippen molar-refractivity contribution in [1.29, 1.82) is 0 Å². The third-order valence-corrected chi connectivity index (χ3v) is 5.24. The Labute approximate surface area is 158 Å². The lowest BCUT2D eigenvalue weighted by atomic mass is 9.94. The summed E-state index contributed by atoms with van der Waals surface area (Å²) in [5.74, 6) is -1.15.